The third-order valence-corrected chi connectivity index (χ3v) is 2.39. The van der Waals surface area contributed by atoms with Crippen LogP contribution in [0.2, 0.25) is 0 Å². The van der Waals surface area contributed by atoms with Gasteiger partial charge in [0.1, 0.15) is 0 Å². The van der Waals surface area contributed by atoms with Gasteiger partial charge in [-0.3, -0.25) is 9.69 Å². The van der Waals surface area contributed by atoms with E-state index in [1.54, 1.807) is 0 Å². The fourth-order valence-electron chi connectivity index (χ4n) is 1.51. The number of nitrogens with one attached hydrogen (secondary N) is 1. The molecule has 0 fully saturated rings. The van der Waals surface area contributed by atoms with Crippen LogP contribution in [0.15, 0.2) is 0 Å². The molecular weight excluding hydrogens is 202 g/mol. The van der Waals surface area contributed by atoms with Gasteiger partial charge in [-0.1, -0.05) is 5.92 Å². The van der Waals surface area contributed by atoms with Crippen molar-refractivity contribution in [1.82, 2.24) is 10.2 Å². The van der Waals surface area contributed by atoms with Gasteiger partial charge in [-0.2, -0.15) is 5.26 Å². The molecule has 16 heavy (non-hydrogen) atoms. The minimum Gasteiger partial charge on any atom is -0.344 e. The second-order valence-corrected chi connectivity index (χ2v) is 3.84. The van der Waals surface area contributed by atoms with Crippen molar-refractivity contribution in [3.63, 3.8) is 0 Å². The number of carbonyl (C=O) groups excluding carboxylic acids is 1. The zero-order valence-electron chi connectivity index (χ0n) is 10.2. The smallest absolute Gasteiger partial charge is 0.237 e. The van der Waals surface area contributed by atoms with E-state index in [1.165, 1.54) is 0 Å². The third-order valence-electron chi connectivity index (χ3n) is 2.39. The number of nitrogens with zero attached hydrogens (tertiary/aromatic N) is 2. The molecule has 0 aliphatic rings. The van der Waals surface area contributed by atoms with E-state index in [2.05, 4.69) is 17.3 Å². The number of hydrogen-bond acceptors (Lipinski definition) is 3. The predicted octanol–water partition coefficient (Wildman–Crippen LogP) is 0.748. The maximum Gasteiger partial charge on any atom is 0.237 e. The van der Waals surface area contributed by atoms with Crippen molar-refractivity contribution in [2.45, 2.75) is 39.3 Å². The molecule has 4 heteroatoms. The molecule has 1 unspecified atom stereocenters. The van der Waals surface area contributed by atoms with Gasteiger partial charge in [0, 0.05) is 19.0 Å². The number of nitriles is 1. The first-order valence-corrected chi connectivity index (χ1v) is 5.38. The van der Waals surface area contributed by atoms with Gasteiger partial charge >= 0.3 is 0 Å². The summed E-state index contributed by atoms with van der Waals surface area (Å²) < 4.78 is 0. The van der Waals surface area contributed by atoms with Crippen LogP contribution in [-0.2, 0) is 4.79 Å². The standard InChI is InChI=1S/C12H19N3O/c1-5-8-14-12(16)11(4)15(10(2)3)9-6-7-13/h1,10-11H,6,8-9H2,2-4H3,(H,14,16). The highest BCUT2D eigenvalue weighted by atomic mass is 16.2. The van der Waals surface area contributed by atoms with Crippen LogP contribution < -0.4 is 5.32 Å². The summed E-state index contributed by atoms with van der Waals surface area (Å²) in [6.07, 6.45) is 5.49. The molecule has 1 atom stereocenters. The van der Waals surface area contributed by atoms with E-state index in [-0.39, 0.29) is 24.5 Å². The van der Waals surface area contributed by atoms with Gasteiger partial charge in [-0.25, -0.2) is 0 Å². The summed E-state index contributed by atoms with van der Waals surface area (Å²) >= 11 is 0. The van der Waals surface area contributed by atoms with Crippen molar-refractivity contribution >= 4 is 5.91 Å². The van der Waals surface area contributed by atoms with E-state index in [9.17, 15) is 4.79 Å². The van der Waals surface area contributed by atoms with Gasteiger partial charge in [0.2, 0.25) is 5.91 Å². The van der Waals surface area contributed by atoms with E-state index in [4.69, 9.17) is 11.7 Å². The van der Waals surface area contributed by atoms with Gasteiger partial charge < -0.3 is 5.32 Å². The fourth-order valence-corrected chi connectivity index (χ4v) is 1.51. The van der Waals surface area contributed by atoms with Crippen molar-refractivity contribution in [2.75, 3.05) is 13.1 Å². The summed E-state index contributed by atoms with van der Waals surface area (Å²) in [6.45, 7) is 6.67. The monoisotopic (exact) mass is 221 g/mol. The third kappa shape index (κ3) is 4.82. The quantitative estimate of drug-likeness (QED) is 0.673. The summed E-state index contributed by atoms with van der Waals surface area (Å²) in [4.78, 5) is 13.7. The normalized spacial score (nSPS) is 11.9. The van der Waals surface area contributed by atoms with E-state index >= 15 is 0 Å². The van der Waals surface area contributed by atoms with Crippen LogP contribution in [0.25, 0.3) is 0 Å². The Balaban J connectivity index is 4.38. The van der Waals surface area contributed by atoms with Crippen LogP contribution in [0, 0.1) is 23.7 Å². The molecule has 0 saturated carbocycles. The largest absolute Gasteiger partial charge is 0.344 e. The Kier molecular flexibility index (Phi) is 7.00. The lowest BCUT2D eigenvalue weighted by Crippen LogP contribution is -2.48. The van der Waals surface area contributed by atoms with Gasteiger partial charge in [0.15, 0.2) is 0 Å². The van der Waals surface area contributed by atoms with Gasteiger partial charge in [0.05, 0.1) is 18.7 Å². The minimum atomic E-state index is -0.262. The van der Waals surface area contributed by atoms with Crippen molar-refractivity contribution < 1.29 is 4.79 Å². The molecule has 0 aromatic carbocycles. The second-order valence-electron chi connectivity index (χ2n) is 3.84. The number of terminal acetylenes is 1. The average molecular weight is 221 g/mol. The van der Waals surface area contributed by atoms with Gasteiger partial charge in [0.25, 0.3) is 0 Å². The van der Waals surface area contributed by atoms with Crippen molar-refractivity contribution in [2.24, 2.45) is 0 Å². The molecule has 1 amide bonds. The molecule has 0 aliphatic heterocycles. The molecule has 0 aromatic rings. The van der Waals surface area contributed by atoms with Crippen LogP contribution in [0.4, 0.5) is 0 Å². The van der Waals surface area contributed by atoms with Crippen LogP contribution in [0.1, 0.15) is 27.2 Å². The summed E-state index contributed by atoms with van der Waals surface area (Å²) in [6, 6.07) is 2.04. The van der Waals surface area contributed by atoms with Gasteiger partial charge in [-0.15, -0.1) is 6.42 Å². The van der Waals surface area contributed by atoms with Crippen LogP contribution in [0.5, 0.6) is 0 Å². The van der Waals surface area contributed by atoms with Crippen molar-refractivity contribution in [3.8, 4) is 18.4 Å². The Labute approximate surface area is 97.6 Å². The second kappa shape index (κ2) is 7.73. The van der Waals surface area contributed by atoms with E-state index < -0.39 is 0 Å². The Morgan fingerprint density at radius 1 is 1.50 bits per heavy atom. The van der Waals surface area contributed by atoms with Crippen molar-refractivity contribution in [1.29, 1.82) is 5.26 Å². The highest BCUT2D eigenvalue weighted by Crippen LogP contribution is 2.06. The number of amides is 1. The maximum absolute atomic E-state index is 11.7. The summed E-state index contributed by atoms with van der Waals surface area (Å²) in [5.41, 5.74) is 0. The fraction of sp³-hybridized carbons (Fsp3) is 0.667. The maximum atomic E-state index is 11.7. The summed E-state index contributed by atoms with van der Waals surface area (Å²) in [7, 11) is 0. The van der Waals surface area contributed by atoms with Crippen LogP contribution in [0.3, 0.4) is 0 Å². The summed E-state index contributed by atoms with van der Waals surface area (Å²) in [5, 5.41) is 11.2. The zero-order valence-corrected chi connectivity index (χ0v) is 10.2. The first-order valence-electron chi connectivity index (χ1n) is 5.38. The lowest BCUT2D eigenvalue weighted by molar-refractivity contribution is -0.126. The molecular formula is C12H19N3O. The molecule has 0 spiro atoms. The topological polar surface area (TPSA) is 56.1 Å². The highest BCUT2D eigenvalue weighted by molar-refractivity contribution is 5.81. The Bertz CT molecular complexity index is 298. The highest BCUT2D eigenvalue weighted by Gasteiger charge is 2.22. The first kappa shape index (κ1) is 14.5. The average Bonchev–Trinajstić information content (AvgIpc) is 2.25. The number of carbonyl (C=O) groups is 1. The molecule has 0 aromatic heterocycles. The summed E-state index contributed by atoms with van der Waals surface area (Å²) in [5.74, 6) is 2.27. The predicted molar refractivity (Wildman–Crippen MR) is 63.4 cm³/mol. The Morgan fingerprint density at radius 2 is 2.12 bits per heavy atom. The molecule has 0 aliphatic carbocycles. The molecule has 4 nitrogen and oxygen atoms in total. The zero-order chi connectivity index (χ0) is 12.6. The lowest BCUT2D eigenvalue weighted by Gasteiger charge is -2.30. The van der Waals surface area contributed by atoms with E-state index in [0.717, 1.165) is 0 Å². The van der Waals surface area contributed by atoms with Crippen LogP contribution in [-0.4, -0.2) is 36.0 Å². The van der Waals surface area contributed by atoms with Crippen LogP contribution >= 0.6 is 0 Å². The SMILES string of the molecule is C#CCNC(=O)C(C)N(CCC#N)C(C)C. The number of hydrogen-bond donors (Lipinski definition) is 1. The lowest BCUT2D eigenvalue weighted by atomic mass is 10.2. The van der Waals surface area contributed by atoms with E-state index in [1.807, 2.05) is 25.7 Å². The Morgan fingerprint density at radius 3 is 2.56 bits per heavy atom. The molecule has 88 valence electrons. The first-order chi connectivity index (χ1) is 7.54. The van der Waals surface area contributed by atoms with E-state index in [0.29, 0.717) is 13.0 Å². The molecule has 0 radical (unpaired) electrons. The Hall–Kier alpha value is -1.52. The van der Waals surface area contributed by atoms with Gasteiger partial charge in [-0.05, 0) is 20.8 Å². The molecule has 0 heterocycles. The minimum absolute atomic E-state index is 0.0930. The number of rotatable bonds is 6. The van der Waals surface area contributed by atoms with Crippen molar-refractivity contribution in [3.05, 3.63) is 0 Å². The molecule has 0 saturated heterocycles. The molecule has 0 bridgehead atoms. The molecule has 1 N–H and O–H groups in total. The molecule has 0 rings (SSSR count).